The number of halogens is 4. The largest absolute Gasteiger partial charge is 0.496 e. The number of aromatic amines is 1. The van der Waals surface area contributed by atoms with Gasteiger partial charge in [-0.15, -0.1) is 5.10 Å². The third-order valence-corrected chi connectivity index (χ3v) is 5.43. The van der Waals surface area contributed by atoms with Gasteiger partial charge in [0, 0.05) is 22.6 Å². The van der Waals surface area contributed by atoms with Crippen molar-refractivity contribution in [1.29, 1.82) is 0 Å². The van der Waals surface area contributed by atoms with E-state index in [1.807, 2.05) is 24.3 Å². The van der Waals surface area contributed by atoms with Gasteiger partial charge < -0.3 is 9.84 Å². The van der Waals surface area contributed by atoms with Crippen LogP contribution < -0.4 is 10.4 Å². The molecular weight excluding hydrogens is 489 g/mol. The minimum atomic E-state index is -4.91. The number of para-hydroxylation sites is 1. The molecule has 9 nitrogen and oxygen atoms in total. The lowest BCUT2D eigenvalue weighted by Crippen LogP contribution is -2.37. The summed E-state index contributed by atoms with van der Waals surface area (Å²) >= 11 is 5.90. The highest BCUT2D eigenvalue weighted by molar-refractivity contribution is 6.30. The van der Waals surface area contributed by atoms with E-state index in [1.54, 1.807) is 7.11 Å². The summed E-state index contributed by atoms with van der Waals surface area (Å²) in [4.78, 5) is 17.3. The average Bonchev–Trinajstić information content (AvgIpc) is 3.39. The molecule has 0 spiro atoms. The van der Waals surface area contributed by atoms with Gasteiger partial charge in [0.25, 0.3) is 0 Å². The summed E-state index contributed by atoms with van der Waals surface area (Å²) in [5.74, 6) is 1.33. The number of nitrogens with one attached hydrogen (secondary N) is 1. The number of aliphatic hydroxyl groups excluding tert-OH is 1. The van der Waals surface area contributed by atoms with Gasteiger partial charge in [0.15, 0.2) is 17.8 Å². The van der Waals surface area contributed by atoms with Gasteiger partial charge >= 0.3 is 11.9 Å². The average molecular weight is 509 g/mol. The molecule has 2 aromatic heterocycles. The summed E-state index contributed by atoms with van der Waals surface area (Å²) in [6.07, 6.45) is -7.30. The van der Waals surface area contributed by atoms with Crippen LogP contribution in [0.25, 0.3) is 11.4 Å². The molecule has 184 valence electrons. The maximum atomic E-state index is 13.0. The van der Waals surface area contributed by atoms with Crippen molar-refractivity contribution in [3.8, 4) is 17.1 Å². The van der Waals surface area contributed by atoms with E-state index < -0.39 is 24.5 Å². The van der Waals surface area contributed by atoms with Crippen LogP contribution in [0.5, 0.6) is 5.75 Å². The number of hydrogen-bond donors (Lipinski definition) is 2. The predicted molar refractivity (Wildman–Crippen MR) is 120 cm³/mol. The van der Waals surface area contributed by atoms with Crippen molar-refractivity contribution in [3.63, 3.8) is 0 Å². The Hall–Kier alpha value is -3.64. The van der Waals surface area contributed by atoms with Crippen molar-refractivity contribution in [2.75, 3.05) is 7.11 Å². The molecule has 0 radical (unpaired) electrons. The minimum absolute atomic E-state index is 0.0521. The SMILES string of the molecule is COc1ccccc1Cc1n[nH]c(Cn2nc(-c3ccc(Cl)cc3)n(CC(O)C(F)(F)F)c2=O)n1. The van der Waals surface area contributed by atoms with E-state index in [0.29, 0.717) is 28.6 Å². The number of rotatable bonds is 8. The Balaban J connectivity index is 1.63. The Morgan fingerprint density at radius 2 is 1.89 bits per heavy atom. The first-order valence-electron chi connectivity index (χ1n) is 10.4. The molecule has 1 atom stereocenters. The molecule has 1 unspecified atom stereocenters. The summed E-state index contributed by atoms with van der Waals surface area (Å²) in [7, 11) is 1.55. The van der Waals surface area contributed by atoms with Crippen LogP contribution in [-0.4, -0.2) is 54.0 Å². The van der Waals surface area contributed by atoms with Gasteiger partial charge in [0.05, 0.1) is 13.7 Å². The fraction of sp³-hybridized carbons (Fsp3) is 0.273. The number of H-pyrrole nitrogens is 1. The molecule has 35 heavy (non-hydrogen) atoms. The number of ether oxygens (including phenoxy) is 1. The molecule has 0 saturated heterocycles. The van der Waals surface area contributed by atoms with Crippen LogP contribution in [0.1, 0.15) is 17.2 Å². The Bertz CT molecular complexity index is 1360. The van der Waals surface area contributed by atoms with Crippen LogP contribution in [0.4, 0.5) is 13.2 Å². The van der Waals surface area contributed by atoms with Crippen LogP contribution in [0.3, 0.4) is 0 Å². The topological polar surface area (TPSA) is 111 Å². The number of hydrogen-bond acceptors (Lipinski definition) is 6. The second-order valence-electron chi connectivity index (χ2n) is 7.63. The second kappa shape index (κ2) is 9.92. The molecule has 0 amide bonds. The number of aliphatic hydroxyl groups is 1. The summed E-state index contributed by atoms with van der Waals surface area (Å²) in [5, 5.41) is 21.1. The number of nitrogens with zero attached hydrogens (tertiary/aromatic N) is 5. The van der Waals surface area contributed by atoms with Gasteiger partial charge in [0.1, 0.15) is 18.1 Å². The van der Waals surface area contributed by atoms with E-state index in [2.05, 4.69) is 20.3 Å². The van der Waals surface area contributed by atoms with Gasteiger partial charge in [-0.25, -0.2) is 14.5 Å². The number of methoxy groups -OCH3 is 1. The highest BCUT2D eigenvalue weighted by Gasteiger charge is 2.39. The summed E-state index contributed by atoms with van der Waals surface area (Å²) in [6, 6.07) is 13.4. The van der Waals surface area contributed by atoms with Crippen molar-refractivity contribution in [2.45, 2.75) is 31.8 Å². The molecule has 4 rings (SSSR count). The molecule has 0 fully saturated rings. The number of aromatic nitrogens is 6. The van der Waals surface area contributed by atoms with Crippen LogP contribution in [0.2, 0.25) is 5.02 Å². The van der Waals surface area contributed by atoms with E-state index in [-0.39, 0.29) is 18.2 Å². The first kappa shape index (κ1) is 24.5. The van der Waals surface area contributed by atoms with Crippen molar-refractivity contribution in [3.05, 3.63) is 81.3 Å². The zero-order valence-electron chi connectivity index (χ0n) is 18.3. The Labute approximate surface area is 201 Å². The molecule has 0 bridgehead atoms. The maximum absolute atomic E-state index is 13.0. The van der Waals surface area contributed by atoms with Gasteiger partial charge in [0.2, 0.25) is 0 Å². The first-order valence-corrected chi connectivity index (χ1v) is 10.7. The quantitative estimate of drug-likeness (QED) is 0.378. The summed E-state index contributed by atoms with van der Waals surface area (Å²) in [5.41, 5.74) is 0.364. The predicted octanol–water partition coefficient (Wildman–Crippen LogP) is 3.05. The summed E-state index contributed by atoms with van der Waals surface area (Å²) < 4.78 is 46.1. The smallest absolute Gasteiger partial charge is 0.416 e. The molecular formula is C22H20ClF3N6O3. The van der Waals surface area contributed by atoms with Crippen molar-refractivity contribution in [2.24, 2.45) is 0 Å². The van der Waals surface area contributed by atoms with Crippen molar-refractivity contribution < 1.29 is 23.0 Å². The molecule has 0 aliphatic rings. The Morgan fingerprint density at radius 3 is 2.57 bits per heavy atom. The minimum Gasteiger partial charge on any atom is -0.496 e. The Kier molecular flexibility index (Phi) is 6.94. The van der Waals surface area contributed by atoms with Crippen LogP contribution in [0, 0.1) is 0 Å². The monoisotopic (exact) mass is 508 g/mol. The van der Waals surface area contributed by atoms with E-state index in [1.165, 1.54) is 24.3 Å². The van der Waals surface area contributed by atoms with Crippen LogP contribution in [0.15, 0.2) is 53.3 Å². The third kappa shape index (κ3) is 5.54. The van der Waals surface area contributed by atoms with Crippen molar-refractivity contribution in [1.82, 2.24) is 29.5 Å². The highest BCUT2D eigenvalue weighted by Crippen LogP contribution is 2.24. The zero-order chi connectivity index (χ0) is 25.2. The van der Waals surface area contributed by atoms with Gasteiger partial charge in [-0.05, 0) is 30.3 Å². The molecule has 2 aromatic carbocycles. The number of benzene rings is 2. The second-order valence-corrected chi connectivity index (χ2v) is 8.06. The molecule has 4 aromatic rings. The molecule has 0 aliphatic carbocycles. The van der Waals surface area contributed by atoms with E-state index in [4.69, 9.17) is 16.3 Å². The molecule has 13 heteroatoms. The normalized spacial score (nSPS) is 12.6. The van der Waals surface area contributed by atoms with E-state index in [9.17, 15) is 23.1 Å². The molecule has 0 aliphatic heterocycles. The fourth-order valence-corrected chi connectivity index (χ4v) is 3.57. The van der Waals surface area contributed by atoms with Crippen LogP contribution in [-0.2, 0) is 19.5 Å². The number of alkyl halides is 3. The lowest BCUT2D eigenvalue weighted by Gasteiger charge is -2.15. The maximum Gasteiger partial charge on any atom is 0.416 e. The third-order valence-electron chi connectivity index (χ3n) is 5.18. The van der Waals surface area contributed by atoms with E-state index >= 15 is 0 Å². The fourth-order valence-electron chi connectivity index (χ4n) is 3.44. The summed E-state index contributed by atoms with van der Waals surface area (Å²) in [6.45, 7) is -1.19. The van der Waals surface area contributed by atoms with Gasteiger partial charge in [-0.1, -0.05) is 29.8 Å². The molecule has 2 N–H and O–H groups in total. The van der Waals surface area contributed by atoms with E-state index in [0.717, 1.165) is 14.8 Å². The lowest BCUT2D eigenvalue weighted by molar-refractivity contribution is -0.207. The lowest BCUT2D eigenvalue weighted by atomic mass is 10.1. The van der Waals surface area contributed by atoms with Crippen LogP contribution >= 0.6 is 11.6 Å². The standard InChI is InChI=1S/C22H20ClF3N6O3/c1-35-16-5-3-2-4-14(16)10-18-27-19(29-28-18)12-32-21(34)31(11-17(33)22(24,25)26)20(30-32)13-6-8-15(23)9-7-13/h2-9,17,33H,10-12H2,1H3,(H,27,28,29). The van der Waals surface area contributed by atoms with Gasteiger partial charge in [-0.2, -0.15) is 18.3 Å². The molecule has 0 saturated carbocycles. The van der Waals surface area contributed by atoms with Gasteiger partial charge in [-0.3, -0.25) is 9.67 Å². The van der Waals surface area contributed by atoms with Crippen molar-refractivity contribution >= 4 is 11.6 Å². The Morgan fingerprint density at radius 1 is 1.17 bits per heavy atom. The zero-order valence-corrected chi connectivity index (χ0v) is 19.1. The molecule has 2 heterocycles. The highest BCUT2D eigenvalue weighted by atomic mass is 35.5. The first-order chi connectivity index (χ1) is 16.7.